The van der Waals surface area contributed by atoms with E-state index in [4.69, 9.17) is 16.3 Å². The first-order valence-electron chi connectivity index (χ1n) is 9.67. The minimum Gasteiger partial charge on any atom is -0.492 e. The number of halogens is 2. The summed E-state index contributed by atoms with van der Waals surface area (Å²) in [6, 6.07) is 3.01. The fourth-order valence-corrected chi connectivity index (χ4v) is 4.27. The van der Waals surface area contributed by atoms with Crippen LogP contribution in [-0.2, 0) is 0 Å². The van der Waals surface area contributed by atoms with Crippen LogP contribution < -0.4 is 32.5 Å². The lowest BCUT2D eigenvalue weighted by molar-refractivity contribution is -0.0382. The first kappa shape index (κ1) is 19.7. The quantitative estimate of drug-likeness (QED) is 0.710. The molecule has 0 amide bonds. The van der Waals surface area contributed by atoms with Crippen LogP contribution in [0.4, 0.5) is 14.5 Å². The maximum absolute atomic E-state index is 14.7. The van der Waals surface area contributed by atoms with Gasteiger partial charge in [-0.25, -0.2) is 13.6 Å². The number of hydrogen-bond acceptors (Lipinski definition) is 6. The highest BCUT2D eigenvalue weighted by Gasteiger charge is 2.50. The molecule has 2 aromatic rings. The summed E-state index contributed by atoms with van der Waals surface area (Å²) < 4.78 is 36.9. The van der Waals surface area contributed by atoms with Crippen molar-refractivity contribution in [2.75, 3.05) is 37.5 Å². The number of fused-ring (bicyclic) bond motifs is 1. The molecule has 0 bridgehead atoms. The van der Waals surface area contributed by atoms with Crippen molar-refractivity contribution in [2.24, 2.45) is 17.6 Å². The zero-order chi connectivity index (χ0) is 21.1. The topological polar surface area (TPSA) is 109 Å². The van der Waals surface area contributed by atoms with E-state index in [1.165, 1.54) is 17.7 Å². The highest BCUT2D eigenvalue weighted by molar-refractivity contribution is 5.91. The third-order valence-electron chi connectivity index (χ3n) is 6.09. The van der Waals surface area contributed by atoms with Crippen LogP contribution >= 0.6 is 0 Å². The molecule has 1 saturated heterocycles. The highest BCUT2D eigenvalue weighted by atomic mass is 19.3. The molecule has 4 N–H and O–H groups in total. The van der Waals surface area contributed by atoms with E-state index in [9.17, 15) is 18.4 Å². The molecule has 8 nitrogen and oxygen atoms in total. The summed E-state index contributed by atoms with van der Waals surface area (Å²) in [5.74, 6) is 1.76. The molecule has 1 aromatic heterocycles. The number of nitrogens with zero attached hydrogens (tertiary/aromatic N) is 3. The predicted molar refractivity (Wildman–Crippen MR) is 106 cm³/mol. The number of alkyl halides is 2. The van der Waals surface area contributed by atoms with Crippen LogP contribution in [-0.4, -0.2) is 41.9 Å². The van der Waals surface area contributed by atoms with E-state index in [2.05, 4.69) is 0 Å². The summed E-state index contributed by atoms with van der Waals surface area (Å²) >= 11 is 0. The van der Waals surface area contributed by atoms with E-state index in [1.807, 2.05) is 0 Å². The van der Waals surface area contributed by atoms with Crippen LogP contribution in [0.15, 0.2) is 21.7 Å². The molecule has 1 saturated carbocycles. The van der Waals surface area contributed by atoms with Crippen LogP contribution in [0.1, 0.15) is 25.8 Å². The Morgan fingerprint density at radius 2 is 2.00 bits per heavy atom. The van der Waals surface area contributed by atoms with E-state index in [0.717, 1.165) is 12.8 Å². The number of hydrogen-bond donors (Lipinski definition) is 2. The molecule has 158 valence electrons. The van der Waals surface area contributed by atoms with Crippen molar-refractivity contribution in [1.82, 2.24) is 9.24 Å². The largest absolute Gasteiger partial charge is 0.492 e. The molecule has 1 aliphatic carbocycles. The van der Waals surface area contributed by atoms with Gasteiger partial charge in [-0.05, 0) is 37.4 Å². The SMILES string of the molecule is COc1c(N2CC(C(C)CN)C(F)(F)C2)ccc2c(=O)n(N)c(=O)n(C3CC3)c12. The summed E-state index contributed by atoms with van der Waals surface area (Å²) in [7, 11) is 1.40. The van der Waals surface area contributed by atoms with Gasteiger partial charge < -0.3 is 21.2 Å². The molecule has 1 aromatic carbocycles. The number of methoxy groups -OCH3 is 1. The van der Waals surface area contributed by atoms with Crippen LogP contribution in [0, 0.1) is 11.8 Å². The maximum atomic E-state index is 14.7. The molecule has 29 heavy (non-hydrogen) atoms. The molecule has 0 radical (unpaired) electrons. The zero-order valence-electron chi connectivity index (χ0n) is 16.4. The molecule has 0 spiro atoms. The molecule has 2 heterocycles. The smallest absolute Gasteiger partial charge is 0.350 e. The summed E-state index contributed by atoms with van der Waals surface area (Å²) in [5, 5.41) is 0.220. The summed E-state index contributed by atoms with van der Waals surface area (Å²) in [4.78, 5) is 26.8. The van der Waals surface area contributed by atoms with Crippen molar-refractivity contribution in [3.05, 3.63) is 33.0 Å². The van der Waals surface area contributed by atoms with Gasteiger partial charge in [0.15, 0.2) is 5.75 Å². The summed E-state index contributed by atoms with van der Waals surface area (Å²) in [6.45, 7) is 1.51. The van der Waals surface area contributed by atoms with E-state index in [1.54, 1.807) is 17.9 Å². The minimum absolute atomic E-state index is 0.0884. The van der Waals surface area contributed by atoms with Crippen molar-refractivity contribution in [3.8, 4) is 5.75 Å². The van der Waals surface area contributed by atoms with Crippen LogP contribution in [0.3, 0.4) is 0 Å². The second-order valence-corrected chi connectivity index (χ2v) is 8.03. The van der Waals surface area contributed by atoms with Gasteiger partial charge in [0, 0.05) is 18.5 Å². The number of ether oxygens (including phenoxy) is 1. The Morgan fingerprint density at radius 1 is 1.31 bits per heavy atom. The normalized spacial score (nSPS) is 22.2. The fourth-order valence-electron chi connectivity index (χ4n) is 4.27. The number of aromatic nitrogens is 2. The van der Waals surface area contributed by atoms with Crippen molar-refractivity contribution in [3.63, 3.8) is 0 Å². The summed E-state index contributed by atoms with van der Waals surface area (Å²) in [5.41, 5.74) is 5.08. The average Bonchev–Trinajstić information content (AvgIpc) is 3.47. The lowest BCUT2D eigenvalue weighted by Crippen LogP contribution is -2.44. The molecule has 1 aliphatic heterocycles. The third kappa shape index (κ3) is 2.97. The summed E-state index contributed by atoms with van der Waals surface area (Å²) in [6.07, 6.45) is 1.55. The molecular weight excluding hydrogens is 384 g/mol. The van der Waals surface area contributed by atoms with E-state index >= 15 is 0 Å². The van der Waals surface area contributed by atoms with Gasteiger partial charge in [-0.2, -0.15) is 4.68 Å². The van der Waals surface area contributed by atoms with Crippen molar-refractivity contribution in [2.45, 2.75) is 31.7 Å². The Hall–Kier alpha value is -2.62. The van der Waals surface area contributed by atoms with Gasteiger partial charge in [0.2, 0.25) is 0 Å². The Labute approximate surface area is 165 Å². The minimum atomic E-state index is -2.91. The maximum Gasteiger partial charge on any atom is 0.350 e. The number of benzene rings is 1. The Morgan fingerprint density at radius 3 is 2.59 bits per heavy atom. The van der Waals surface area contributed by atoms with Gasteiger partial charge >= 0.3 is 5.69 Å². The lowest BCUT2D eigenvalue weighted by atomic mass is 9.91. The van der Waals surface area contributed by atoms with Gasteiger partial charge in [-0.1, -0.05) is 6.92 Å². The number of anilines is 1. The predicted octanol–water partition coefficient (Wildman–Crippen LogP) is 0.887. The van der Waals surface area contributed by atoms with Crippen molar-refractivity contribution < 1.29 is 13.5 Å². The van der Waals surface area contributed by atoms with Crippen molar-refractivity contribution in [1.29, 1.82) is 0 Å². The molecule has 2 atom stereocenters. The Balaban J connectivity index is 1.92. The molecule has 2 fully saturated rings. The van der Waals surface area contributed by atoms with Gasteiger partial charge in [0.25, 0.3) is 11.5 Å². The second-order valence-electron chi connectivity index (χ2n) is 8.03. The second kappa shape index (κ2) is 6.72. The van der Waals surface area contributed by atoms with Gasteiger partial charge in [-0.3, -0.25) is 9.36 Å². The van der Waals surface area contributed by atoms with E-state index in [-0.39, 0.29) is 36.2 Å². The third-order valence-corrected chi connectivity index (χ3v) is 6.09. The molecule has 2 aliphatic rings. The fraction of sp³-hybridized carbons (Fsp3) is 0.579. The zero-order valence-corrected chi connectivity index (χ0v) is 16.4. The standard InChI is InChI=1S/C19H25F2N5O3/c1-10(7-22)13-8-24(9-19(13,20)21)14-6-5-12-15(16(14)29-2)25(11-3-4-11)18(28)26(23)17(12)27/h5-6,10-11,13H,3-4,7-9,22-23H2,1-2H3. The van der Waals surface area contributed by atoms with Crippen LogP contribution in [0.2, 0.25) is 0 Å². The first-order chi connectivity index (χ1) is 13.7. The molecule has 4 rings (SSSR count). The average molecular weight is 409 g/mol. The van der Waals surface area contributed by atoms with E-state index in [0.29, 0.717) is 15.9 Å². The number of nitrogen functional groups attached to an aromatic ring is 1. The number of nitrogens with two attached hydrogens (primary N) is 2. The lowest BCUT2D eigenvalue weighted by Gasteiger charge is -2.24. The Bertz CT molecular complexity index is 1080. The number of rotatable bonds is 5. The molecule has 2 unspecified atom stereocenters. The Kier molecular flexibility index (Phi) is 4.56. The molecule has 10 heteroatoms. The van der Waals surface area contributed by atoms with E-state index < -0.39 is 29.6 Å². The van der Waals surface area contributed by atoms with Gasteiger partial charge in [0.05, 0.1) is 24.7 Å². The van der Waals surface area contributed by atoms with Crippen LogP contribution in [0.5, 0.6) is 5.75 Å². The highest BCUT2D eigenvalue weighted by Crippen LogP contribution is 2.45. The first-order valence-corrected chi connectivity index (χ1v) is 9.67. The van der Waals surface area contributed by atoms with Crippen LogP contribution in [0.25, 0.3) is 10.9 Å². The van der Waals surface area contributed by atoms with Gasteiger partial charge in [0.1, 0.15) is 5.52 Å². The monoisotopic (exact) mass is 409 g/mol. The van der Waals surface area contributed by atoms with Gasteiger partial charge in [-0.15, -0.1) is 0 Å². The molecular formula is C19H25F2N5O3. The van der Waals surface area contributed by atoms with Crippen molar-refractivity contribution >= 4 is 16.6 Å².